The molecule has 0 unspecified atom stereocenters. The molecule has 2 aromatic carbocycles. The number of amides is 1. The Kier molecular flexibility index (Phi) is 6.45. The van der Waals surface area contributed by atoms with E-state index in [2.05, 4.69) is 5.32 Å². The first kappa shape index (κ1) is 19.6. The van der Waals surface area contributed by atoms with E-state index >= 15 is 0 Å². The average molecular weight is 395 g/mol. The second kappa shape index (κ2) is 9.19. The largest absolute Gasteiger partial charge is 0.489 e. The summed E-state index contributed by atoms with van der Waals surface area (Å²) in [5.74, 6) is -0.0478. The molecule has 6 heteroatoms. The van der Waals surface area contributed by atoms with Crippen LogP contribution in [0.3, 0.4) is 0 Å². The van der Waals surface area contributed by atoms with Crippen molar-refractivity contribution in [1.29, 1.82) is 0 Å². The fourth-order valence-corrected chi connectivity index (χ4v) is 3.48. The van der Waals surface area contributed by atoms with Gasteiger partial charge in [0, 0.05) is 10.4 Å². The monoisotopic (exact) mass is 395 g/mol. The molecule has 144 valence electrons. The second-order valence-electron chi connectivity index (χ2n) is 6.07. The van der Waals surface area contributed by atoms with Crippen molar-refractivity contribution in [3.63, 3.8) is 0 Å². The van der Waals surface area contributed by atoms with Crippen molar-refractivity contribution in [1.82, 2.24) is 0 Å². The topological polar surface area (TPSA) is 64.6 Å². The molecule has 0 bridgehead atoms. The maximum Gasteiger partial charge on any atom is 0.341 e. The van der Waals surface area contributed by atoms with Crippen LogP contribution in [0.5, 0.6) is 5.75 Å². The highest BCUT2D eigenvalue weighted by Crippen LogP contribution is 2.29. The summed E-state index contributed by atoms with van der Waals surface area (Å²) >= 11 is 1.34. The molecular formula is C22H21NO4S. The zero-order chi connectivity index (χ0) is 19.9. The molecule has 0 atom stereocenters. The number of rotatable bonds is 7. The molecule has 3 rings (SSSR count). The van der Waals surface area contributed by atoms with Gasteiger partial charge in [0.15, 0.2) is 0 Å². The van der Waals surface area contributed by atoms with E-state index in [4.69, 9.17) is 9.47 Å². The molecule has 1 aromatic heterocycles. The van der Waals surface area contributed by atoms with Crippen LogP contribution in [0.2, 0.25) is 0 Å². The summed E-state index contributed by atoms with van der Waals surface area (Å²) in [5.41, 5.74) is 1.93. The number of aryl methyl sites for hydroxylation is 1. The van der Waals surface area contributed by atoms with E-state index in [1.807, 2.05) is 37.3 Å². The zero-order valence-corrected chi connectivity index (χ0v) is 16.5. The third kappa shape index (κ3) is 4.98. The highest BCUT2D eigenvalue weighted by Gasteiger charge is 2.18. The van der Waals surface area contributed by atoms with Crippen LogP contribution in [0.1, 0.15) is 38.1 Å². The van der Waals surface area contributed by atoms with Gasteiger partial charge in [-0.3, -0.25) is 4.79 Å². The number of benzene rings is 2. The normalized spacial score (nSPS) is 10.4. The van der Waals surface area contributed by atoms with Gasteiger partial charge in [0.05, 0.1) is 12.2 Å². The fourth-order valence-electron chi connectivity index (χ4n) is 2.59. The molecule has 5 nitrogen and oxygen atoms in total. The number of anilines is 1. The molecule has 1 heterocycles. The number of esters is 1. The van der Waals surface area contributed by atoms with Crippen molar-refractivity contribution in [3.05, 3.63) is 82.2 Å². The maximum atomic E-state index is 12.5. The van der Waals surface area contributed by atoms with E-state index in [1.165, 1.54) is 11.3 Å². The van der Waals surface area contributed by atoms with Gasteiger partial charge in [-0.1, -0.05) is 30.3 Å². The lowest BCUT2D eigenvalue weighted by Crippen LogP contribution is -2.14. The van der Waals surface area contributed by atoms with E-state index < -0.39 is 5.97 Å². The summed E-state index contributed by atoms with van der Waals surface area (Å²) in [7, 11) is 0. The molecule has 0 aliphatic rings. The lowest BCUT2D eigenvalue weighted by atomic mass is 10.2. The van der Waals surface area contributed by atoms with Crippen LogP contribution in [0.15, 0.2) is 60.7 Å². The van der Waals surface area contributed by atoms with Crippen LogP contribution in [0.25, 0.3) is 0 Å². The molecule has 0 saturated heterocycles. The minimum atomic E-state index is -0.438. The minimum absolute atomic E-state index is 0.283. The smallest absolute Gasteiger partial charge is 0.341 e. The summed E-state index contributed by atoms with van der Waals surface area (Å²) in [4.78, 5) is 25.5. The molecule has 1 amide bonds. The molecule has 0 spiro atoms. The summed E-state index contributed by atoms with van der Waals surface area (Å²) < 4.78 is 10.8. The predicted molar refractivity (Wildman–Crippen MR) is 110 cm³/mol. The Balaban J connectivity index is 1.64. The lowest BCUT2D eigenvalue weighted by molar-refractivity contribution is 0.0528. The van der Waals surface area contributed by atoms with Crippen LogP contribution in [0, 0.1) is 6.92 Å². The first-order valence-electron chi connectivity index (χ1n) is 8.92. The van der Waals surface area contributed by atoms with Crippen molar-refractivity contribution < 1.29 is 19.1 Å². The molecule has 3 aromatic rings. The number of carbonyl (C=O) groups is 2. The second-order valence-corrected chi connectivity index (χ2v) is 7.33. The quantitative estimate of drug-likeness (QED) is 0.568. The third-order valence-electron chi connectivity index (χ3n) is 3.94. The van der Waals surface area contributed by atoms with Gasteiger partial charge in [0.25, 0.3) is 5.91 Å². The number of thiophene rings is 1. The average Bonchev–Trinajstić information content (AvgIpc) is 3.08. The van der Waals surface area contributed by atoms with Gasteiger partial charge in [0.1, 0.15) is 17.4 Å². The Hall–Kier alpha value is -3.12. The standard InChI is InChI=1S/C22H21NO4S/c1-3-26-22(25)19-13-15(2)28-21(19)23-20(24)17-9-11-18(12-10-17)27-14-16-7-5-4-6-8-16/h4-13H,3,14H2,1-2H3,(H,23,24). The van der Waals surface area contributed by atoms with Crippen LogP contribution < -0.4 is 10.1 Å². The Morgan fingerprint density at radius 1 is 1.04 bits per heavy atom. The highest BCUT2D eigenvalue weighted by atomic mass is 32.1. The maximum absolute atomic E-state index is 12.5. The molecule has 0 aliphatic carbocycles. The summed E-state index contributed by atoms with van der Waals surface area (Å²) in [6.45, 7) is 4.37. The van der Waals surface area contributed by atoms with Crippen molar-refractivity contribution in [2.45, 2.75) is 20.5 Å². The van der Waals surface area contributed by atoms with Crippen molar-refractivity contribution in [3.8, 4) is 5.75 Å². The Morgan fingerprint density at radius 3 is 2.43 bits per heavy atom. The number of nitrogens with one attached hydrogen (secondary N) is 1. The summed E-state index contributed by atoms with van der Waals surface area (Å²) in [6.07, 6.45) is 0. The van der Waals surface area contributed by atoms with Crippen LogP contribution >= 0.6 is 11.3 Å². The van der Waals surface area contributed by atoms with Gasteiger partial charge >= 0.3 is 5.97 Å². The molecule has 0 fully saturated rings. The Bertz CT molecular complexity index is 948. The van der Waals surface area contributed by atoms with E-state index in [-0.39, 0.29) is 12.5 Å². The van der Waals surface area contributed by atoms with Crippen molar-refractivity contribution >= 4 is 28.2 Å². The lowest BCUT2D eigenvalue weighted by Gasteiger charge is -2.08. The molecular weight excluding hydrogens is 374 g/mol. The van der Waals surface area contributed by atoms with Gasteiger partial charge in [-0.25, -0.2) is 4.79 Å². The Labute approximate surface area is 167 Å². The molecule has 0 aliphatic heterocycles. The number of hydrogen-bond donors (Lipinski definition) is 1. The van der Waals surface area contributed by atoms with Gasteiger partial charge in [-0.05, 0) is 49.7 Å². The van der Waals surface area contributed by atoms with Crippen LogP contribution in [0.4, 0.5) is 5.00 Å². The van der Waals surface area contributed by atoms with Crippen LogP contribution in [-0.4, -0.2) is 18.5 Å². The summed E-state index contributed by atoms with van der Waals surface area (Å²) in [5, 5.41) is 3.29. The summed E-state index contributed by atoms with van der Waals surface area (Å²) in [6, 6.07) is 18.5. The third-order valence-corrected chi connectivity index (χ3v) is 4.91. The minimum Gasteiger partial charge on any atom is -0.489 e. The van der Waals surface area contributed by atoms with Crippen molar-refractivity contribution in [2.75, 3.05) is 11.9 Å². The SMILES string of the molecule is CCOC(=O)c1cc(C)sc1NC(=O)c1ccc(OCc2ccccc2)cc1. The number of hydrogen-bond acceptors (Lipinski definition) is 5. The first-order chi connectivity index (χ1) is 13.6. The van der Waals surface area contributed by atoms with E-state index in [0.717, 1.165) is 10.4 Å². The van der Waals surface area contributed by atoms with Crippen LogP contribution in [-0.2, 0) is 11.3 Å². The zero-order valence-electron chi connectivity index (χ0n) is 15.7. The molecule has 1 N–H and O–H groups in total. The molecule has 0 radical (unpaired) electrons. The number of ether oxygens (including phenoxy) is 2. The Morgan fingerprint density at radius 2 is 1.75 bits per heavy atom. The van der Waals surface area contributed by atoms with Crippen molar-refractivity contribution in [2.24, 2.45) is 0 Å². The van der Waals surface area contributed by atoms with Gasteiger partial charge < -0.3 is 14.8 Å². The highest BCUT2D eigenvalue weighted by molar-refractivity contribution is 7.16. The first-order valence-corrected chi connectivity index (χ1v) is 9.74. The molecule has 0 saturated carbocycles. The van der Waals surface area contributed by atoms with Gasteiger partial charge in [-0.15, -0.1) is 11.3 Å². The predicted octanol–water partition coefficient (Wildman–Crippen LogP) is 5.06. The van der Waals surface area contributed by atoms with E-state index in [9.17, 15) is 9.59 Å². The molecule has 28 heavy (non-hydrogen) atoms. The number of carbonyl (C=O) groups excluding carboxylic acids is 2. The fraction of sp³-hybridized carbons (Fsp3) is 0.182. The van der Waals surface area contributed by atoms with E-state index in [1.54, 1.807) is 37.3 Å². The van der Waals surface area contributed by atoms with Gasteiger partial charge in [0.2, 0.25) is 0 Å². The van der Waals surface area contributed by atoms with Gasteiger partial charge in [-0.2, -0.15) is 0 Å². The van der Waals surface area contributed by atoms with E-state index in [0.29, 0.717) is 28.5 Å².